The second-order valence-corrected chi connectivity index (χ2v) is 6.82. The number of nitrogens with zero attached hydrogens (tertiary/aromatic N) is 4. The SMILES string of the molecule is COc1ccc2nc(OC)c(NC(=O)N3CCN(c4cccc(F)c4)CC3)nc2c1. The Balaban J connectivity index is 1.46. The van der Waals surface area contributed by atoms with Crippen LogP contribution < -0.4 is 19.7 Å². The van der Waals surface area contributed by atoms with Crippen molar-refractivity contribution in [1.29, 1.82) is 0 Å². The molecule has 8 nitrogen and oxygen atoms in total. The average Bonchev–Trinajstić information content (AvgIpc) is 2.78. The number of piperazine rings is 1. The van der Waals surface area contributed by atoms with Gasteiger partial charge in [-0.25, -0.2) is 19.2 Å². The van der Waals surface area contributed by atoms with Crippen LogP contribution in [0.2, 0.25) is 0 Å². The second kappa shape index (κ2) is 8.40. The van der Waals surface area contributed by atoms with Crippen molar-refractivity contribution in [3.8, 4) is 11.6 Å². The smallest absolute Gasteiger partial charge is 0.323 e. The van der Waals surface area contributed by atoms with Crippen LogP contribution in [0.4, 0.5) is 20.7 Å². The average molecular weight is 411 g/mol. The number of carbonyl (C=O) groups excluding carboxylic acids is 1. The molecule has 1 N–H and O–H groups in total. The van der Waals surface area contributed by atoms with Gasteiger partial charge < -0.3 is 19.3 Å². The van der Waals surface area contributed by atoms with Crippen LogP contribution in [0, 0.1) is 5.82 Å². The summed E-state index contributed by atoms with van der Waals surface area (Å²) >= 11 is 0. The first-order valence-electron chi connectivity index (χ1n) is 9.53. The predicted octanol–water partition coefficient (Wildman–Crippen LogP) is 3.14. The summed E-state index contributed by atoms with van der Waals surface area (Å²) in [7, 11) is 3.05. The van der Waals surface area contributed by atoms with Crippen molar-refractivity contribution in [2.75, 3.05) is 50.6 Å². The third-order valence-electron chi connectivity index (χ3n) is 5.00. The Morgan fingerprint density at radius 3 is 2.50 bits per heavy atom. The summed E-state index contributed by atoms with van der Waals surface area (Å²) in [5.41, 5.74) is 2.03. The zero-order valence-corrected chi connectivity index (χ0v) is 16.8. The van der Waals surface area contributed by atoms with Crippen LogP contribution in [0.3, 0.4) is 0 Å². The van der Waals surface area contributed by atoms with Crippen LogP contribution in [0.5, 0.6) is 11.6 Å². The molecular formula is C21H22FN5O3. The van der Waals surface area contributed by atoms with Gasteiger partial charge in [0, 0.05) is 37.9 Å². The fourth-order valence-electron chi connectivity index (χ4n) is 3.39. The zero-order valence-electron chi connectivity index (χ0n) is 16.8. The first-order valence-corrected chi connectivity index (χ1v) is 9.53. The van der Waals surface area contributed by atoms with Crippen LogP contribution in [-0.2, 0) is 0 Å². The third-order valence-corrected chi connectivity index (χ3v) is 5.00. The minimum atomic E-state index is -0.288. The van der Waals surface area contributed by atoms with Gasteiger partial charge in [-0.05, 0) is 30.3 Å². The van der Waals surface area contributed by atoms with Crippen molar-refractivity contribution in [1.82, 2.24) is 14.9 Å². The lowest BCUT2D eigenvalue weighted by Gasteiger charge is -2.36. The molecule has 30 heavy (non-hydrogen) atoms. The number of urea groups is 1. The Bertz CT molecular complexity index is 1070. The summed E-state index contributed by atoms with van der Waals surface area (Å²) in [4.78, 5) is 25.4. The maximum absolute atomic E-state index is 13.5. The first kappa shape index (κ1) is 19.7. The molecule has 0 saturated carbocycles. The van der Waals surface area contributed by atoms with Crippen LogP contribution >= 0.6 is 0 Å². The minimum Gasteiger partial charge on any atom is -0.497 e. The van der Waals surface area contributed by atoms with E-state index in [9.17, 15) is 9.18 Å². The van der Waals surface area contributed by atoms with Crippen LogP contribution in [0.15, 0.2) is 42.5 Å². The molecule has 0 spiro atoms. The van der Waals surface area contributed by atoms with Crippen LogP contribution in [-0.4, -0.2) is 61.3 Å². The van der Waals surface area contributed by atoms with Gasteiger partial charge in [0.25, 0.3) is 5.88 Å². The Morgan fingerprint density at radius 2 is 1.80 bits per heavy atom. The number of halogens is 1. The number of rotatable bonds is 4. The van der Waals surface area contributed by atoms with Crippen LogP contribution in [0.25, 0.3) is 11.0 Å². The van der Waals surface area contributed by atoms with E-state index in [1.165, 1.54) is 19.2 Å². The Kier molecular flexibility index (Phi) is 5.51. The quantitative estimate of drug-likeness (QED) is 0.711. The number of amides is 2. The molecule has 1 aliphatic rings. The van der Waals surface area contributed by atoms with Crippen molar-refractivity contribution >= 4 is 28.6 Å². The fraction of sp³-hybridized carbons (Fsp3) is 0.286. The van der Waals surface area contributed by atoms with Crippen molar-refractivity contribution in [2.45, 2.75) is 0 Å². The third kappa shape index (κ3) is 4.05. The molecule has 4 rings (SSSR count). The van der Waals surface area contributed by atoms with Gasteiger partial charge in [0.05, 0.1) is 25.3 Å². The predicted molar refractivity (Wildman–Crippen MR) is 112 cm³/mol. The molecule has 1 aromatic heterocycles. The molecule has 0 atom stereocenters. The molecular weight excluding hydrogens is 389 g/mol. The molecule has 1 fully saturated rings. The number of hydrogen-bond donors (Lipinski definition) is 1. The number of nitrogens with one attached hydrogen (secondary N) is 1. The Labute approximate surface area is 173 Å². The van der Waals surface area contributed by atoms with E-state index in [0.29, 0.717) is 43.0 Å². The number of anilines is 2. The number of ether oxygens (including phenoxy) is 2. The van der Waals surface area contributed by atoms with E-state index in [1.54, 1.807) is 36.3 Å². The van der Waals surface area contributed by atoms with Gasteiger partial charge in [-0.3, -0.25) is 5.32 Å². The van der Waals surface area contributed by atoms with E-state index in [1.807, 2.05) is 6.07 Å². The van der Waals surface area contributed by atoms with E-state index >= 15 is 0 Å². The standard InChI is InChI=1S/C21H22FN5O3/c1-29-16-6-7-17-18(13-16)23-19(20(24-17)30-2)25-21(28)27-10-8-26(9-11-27)15-5-3-4-14(22)12-15/h3-7,12-13H,8-11H2,1-2H3,(H,23,25,28). The highest BCUT2D eigenvalue weighted by Gasteiger charge is 2.23. The summed E-state index contributed by atoms with van der Waals surface area (Å²) in [6, 6.07) is 11.5. The highest BCUT2D eigenvalue weighted by atomic mass is 19.1. The lowest BCUT2D eigenvalue weighted by atomic mass is 10.2. The molecule has 1 saturated heterocycles. The van der Waals surface area contributed by atoms with Gasteiger partial charge in [-0.1, -0.05) is 6.07 Å². The van der Waals surface area contributed by atoms with Crippen LogP contribution in [0.1, 0.15) is 0 Å². The second-order valence-electron chi connectivity index (χ2n) is 6.82. The van der Waals surface area contributed by atoms with Gasteiger partial charge in [-0.2, -0.15) is 0 Å². The highest BCUT2D eigenvalue weighted by Crippen LogP contribution is 2.26. The summed E-state index contributed by atoms with van der Waals surface area (Å²) in [5.74, 6) is 0.856. The van der Waals surface area contributed by atoms with Crippen molar-refractivity contribution in [2.24, 2.45) is 0 Å². The fourth-order valence-corrected chi connectivity index (χ4v) is 3.39. The largest absolute Gasteiger partial charge is 0.497 e. The summed E-state index contributed by atoms with van der Waals surface area (Å²) in [6.45, 7) is 2.21. The molecule has 0 aliphatic carbocycles. The zero-order chi connectivity index (χ0) is 21.1. The molecule has 0 radical (unpaired) electrons. The molecule has 0 unspecified atom stereocenters. The number of aromatic nitrogens is 2. The summed E-state index contributed by atoms with van der Waals surface area (Å²) < 4.78 is 24.0. The molecule has 0 bridgehead atoms. The summed E-state index contributed by atoms with van der Waals surface area (Å²) in [6.07, 6.45) is 0. The van der Waals surface area contributed by atoms with Gasteiger partial charge in [0.1, 0.15) is 11.6 Å². The number of benzene rings is 2. The summed E-state index contributed by atoms with van der Waals surface area (Å²) in [5, 5.41) is 2.79. The van der Waals surface area contributed by atoms with Crippen molar-refractivity contribution < 1.29 is 18.7 Å². The molecule has 2 aromatic carbocycles. The minimum absolute atomic E-state index is 0.236. The molecule has 2 amide bonds. The van der Waals surface area contributed by atoms with Gasteiger partial charge >= 0.3 is 6.03 Å². The van der Waals surface area contributed by atoms with Gasteiger partial charge in [0.2, 0.25) is 0 Å². The Morgan fingerprint density at radius 1 is 1.00 bits per heavy atom. The maximum Gasteiger partial charge on any atom is 0.323 e. The van der Waals surface area contributed by atoms with Crippen molar-refractivity contribution in [3.05, 3.63) is 48.3 Å². The number of fused-ring (bicyclic) bond motifs is 1. The lowest BCUT2D eigenvalue weighted by molar-refractivity contribution is 0.208. The van der Waals surface area contributed by atoms with E-state index in [0.717, 1.165) is 5.69 Å². The van der Waals surface area contributed by atoms with E-state index in [4.69, 9.17) is 9.47 Å². The van der Waals surface area contributed by atoms with Crippen molar-refractivity contribution in [3.63, 3.8) is 0 Å². The van der Waals surface area contributed by atoms with Gasteiger partial charge in [-0.15, -0.1) is 0 Å². The van der Waals surface area contributed by atoms with E-state index in [-0.39, 0.29) is 23.5 Å². The van der Waals surface area contributed by atoms with E-state index in [2.05, 4.69) is 20.2 Å². The lowest BCUT2D eigenvalue weighted by Crippen LogP contribution is -2.50. The number of methoxy groups -OCH3 is 2. The first-order chi connectivity index (χ1) is 14.6. The molecule has 3 aromatic rings. The number of carbonyl (C=O) groups is 1. The highest BCUT2D eigenvalue weighted by molar-refractivity contribution is 5.91. The number of hydrogen-bond acceptors (Lipinski definition) is 6. The monoisotopic (exact) mass is 411 g/mol. The molecule has 9 heteroatoms. The Hall–Kier alpha value is -3.62. The maximum atomic E-state index is 13.5. The van der Waals surface area contributed by atoms with E-state index < -0.39 is 0 Å². The topological polar surface area (TPSA) is 79.8 Å². The van der Waals surface area contributed by atoms with Gasteiger partial charge in [0.15, 0.2) is 5.82 Å². The molecule has 156 valence electrons. The normalized spacial score (nSPS) is 14.0. The molecule has 1 aliphatic heterocycles. The molecule has 2 heterocycles.